The summed E-state index contributed by atoms with van der Waals surface area (Å²) in [5.74, 6) is -0.0789. The Morgan fingerprint density at radius 2 is 1.83 bits per heavy atom. The fourth-order valence-electron chi connectivity index (χ4n) is 2.70. The number of carbonyl (C=O) groups excluding carboxylic acids is 2. The third-order valence-electron chi connectivity index (χ3n) is 4.23. The first kappa shape index (κ1) is 20.4. The zero-order valence-electron chi connectivity index (χ0n) is 16.3. The molecule has 0 fully saturated rings. The minimum atomic E-state index is -0.387. The van der Waals surface area contributed by atoms with Crippen molar-refractivity contribution in [3.05, 3.63) is 76.6 Å². The summed E-state index contributed by atoms with van der Waals surface area (Å²) in [5.41, 5.74) is 1.73. The van der Waals surface area contributed by atoms with Gasteiger partial charge in [0.25, 0.3) is 11.8 Å². The van der Waals surface area contributed by atoms with E-state index in [2.05, 4.69) is 10.3 Å². The average Bonchev–Trinajstić information content (AvgIpc) is 2.73. The Morgan fingerprint density at radius 3 is 2.48 bits per heavy atom. The van der Waals surface area contributed by atoms with Crippen LogP contribution in [0.5, 0.6) is 5.75 Å². The first-order valence-electron chi connectivity index (χ1n) is 8.83. The molecule has 1 N–H and O–H groups in total. The smallest absolute Gasteiger partial charge is 0.269 e. The highest BCUT2D eigenvalue weighted by Gasteiger charge is 2.17. The van der Waals surface area contributed by atoms with E-state index in [-0.39, 0.29) is 22.7 Å². The van der Waals surface area contributed by atoms with Crippen LogP contribution in [-0.2, 0) is 4.79 Å². The van der Waals surface area contributed by atoms with E-state index in [9.17, 15) is 9.59 Å². The Hall–Kier alpha value is -3.38. The molecule has 0 aliphatic heterocycles. The van der Waals surface area contributed by atoms with E-state index in [0.717, 1.165) is 5.39 Å². The van der Waals surface area contributed by atoms with E-state index >= 15 is 0 Å². The Balaban J connectivity index is 2.02. The van der Waals surface area contributed by atoms with Gasteiger partial charge in [0.2, 0.25) is 0 Å². The molecular formula is C22H20ClN3O3. The molecule has 6 nitrogen and oxygen atoms in total. The molecule has 0 aliphatic rings. The summed E-state index contributed by atoms with van der Waals surface area (Å²) < 4.78 is 5.21. The topological polar surface area (TPSA) is 71.5 Å². The molecule has 0 radical (unpaired) electrons. The van der Waals surface area contributed by atoms with E-state index in [1.807, 2.05) is 24.3 Å². The molecule has 0 unspecified atom stereocenters. The predicted molar refractivity (Wildman–Crippen MR) is 114 cm³/mol. The molecule has 1 heterocycles. The number of methoxy groups -OCH3 is 1. The number of amides is 2. The molecule has 148 valence electrons. The lowest BCUT2D eigenvalue weighted by atomic mass is 10.1. The number of fused-ring (bicyclic) bond motifs is 1. The van der Waals surface area contributed by atoms with E-state index in [1.54, 1.807) is 51.5 Å². The third kappa shape index (κ3) is 4.73. The van der Waals surface area contributed by atoms with Crippen molar-refractivity contribution in [1.82, 2.24) is 15.2 Å². The van der Waals surface area contributed by atoms with Crippen LogP contribution in [0.1, 0.15) is 15.9 Å². The maximum atomic E-state index is 12.6. The number of ether oxygens (including phenoxy) is 1. The van der Waals surface area contributed by atoms with Crippen LogP contribution < -0.4 is 10.1 Å². The van der Waals surface area contributed by atoms with Crippen molar-refractivity contribution < 1.29 is 14.3 Å². The lowest BCUT2D eigenvalue weighted by Gasteiger charge is -2.15. The standard InChI is InChI=1S/C22H20ClN3O3/c1-26(2)22(28)19(25-21(27)14-7-5-4-6-8-14)12-16-11-15-9-10-17(29-3)13-18(15)24-20(16)23/h4-13H,1-3H3,(H,25,27). The second-order valence-electron chi connectivity index (χ2n) is 6.50. The van der Waals surface area contributed by atoms with Gasteiger partial charge in [0, 0.05) is 36.7 Å². The largest absolute Gasteiger partial charge is 0.497 e. The Labute approximate surface area is 173 Å². The highest BCUT2D eigenvalue weighted by molar-refractivity contribution is 6.31. The third-order valence-corrected chi connectivity index (χ3v) is 4.53. The highest BCUT2D eigenvalue weighted by atomic mass is 35.5. The van der Waals surface area contributed by atoms with Crippen LogP contribution in [0.3, 0.4) is 0 Å². The van der Waals surface area contributed by atoms with Gasteiger partial charge in [-0.1, -0.05) is 29.8 Å². The minimum Gasteiger partial charge on any atom is -0.497 e. The quantitative estimate of drug-likeness (QED) is 0.514. The zero-order chi connectivity index (χ0) is 21.0. The number of hydrogen-bond acceptors (Lipinski definition) is 4. The van der Waals surface area contributed by atoms with Crippen molar-refractivity contribution in [3.63, 3.8) is 0 Å². The average molecular weight is 410 g/mol. The number of rotatable bonds is 5. The molecule has 0 spiro atoms. The van der Waals surface area contributed by atoms with Crippen LogP contribution in [0, 0.1) is 0 Å². The van der Waals surface area contributed by atoms with Crippen molar-refractivity contribution in [2.45, 2.75) is 0 Å². The summed E-state index contributed by atoms with van der Waals surface area (Å²) in [5, 5.41) is 3.72. The number of benzene rings is 2. The SMILES string of the molecule is COc1ccc2cc(C=C(NC(=O)c3ccccc3)C(=O)N(C)C)c(Cl)nc2c1. The summed E-state index contributed by atoms with van der Waals surface area (Å²) in [7, 11) is 4.79. The lowest BCUT2D eigenvalue weighted by Crippen LogP contribution is -2.34. The van der Waals surface area contributed by atoms with Crippen molar-refractivity contribution in [3.8, 4) is 5.75 Å². The summed E-state index contributed by atoms with van der Waals surface area (Å²) in [6.45, 7) is 0. The predicted octanol–water partition coefficient (Wildman–Crippen LogP) is 3.76. The second kappa shape index (κ2) is 8.75. The van der Waals surface area contributed by atoms with Crippen LogP contribution in [-0.4, -0.2) is 42.9 Å². The van der Waals surface area contributed by atoms with Crippen LogP contribution in [0.15, 0.2) is 60.3 Å². The van der Waals surface area contributed by atoms with Crippen molar-refractivity contribution >= 4 is 40.4 Å². The minimum absolute atomic E-state index is 0.0976. The van der Waals surface area contributed by atoms with Crippen molar-refractivity contribution in [2.75, 3.05) is 21.2 Å². The number of pyridine rings is 1. The van der Waals surface area contributed by atoms with Gasteiger partial charge in [-0.05, 0) is 36.4 Å². The van der Waals surface area contributed by atoms with Crippen molar-refractivity contribution in [1.29, 1.82) is 0 Å². The van der Waals surface area contributed by atoms with Gasteiger partial charge >= 0.3 is 0 Å². The van der Waals surface area contributed by atoms with Gasteiger partial charge in [-0.25, -0.2) is 4.98 Å². The van der Waals surface area contributed by atoms with Gasteiger partial charge in [-0.3, -0.25) is 9.59 Å². The molecule has 2 aromatic carbocycles. The molecule has 0 atom stereocenters. The second-order valence-corrected chi connectivity index (χ2v) is 6.86. The lowest BCUT2D eigenvalue weighted by molar-refractivity contribution is -0.124. The number of nitrogens with zero attached hydrogens (tertiary/aromatic N) is 2. The Kier molecular flexibility index (Phi) is 6.14. The number of likely N-dealkylation sites (N-methyl/N-ethyl adjacent to an activating group) is 1. The van der Waals surface area contributed by atoms with Crippen LogP contribution in [0.25, 0.3) is 17.0 Å². The van der Waals surface area contributed by atoms with Crippen molar-refractivity contribution in [2.24, 2.45) is 0 Å². The molecule has 3 rings (SSSR count). The van der Waals surface area contributed by atoms with Gasteiger partial charge < -0.3 is 15.0 Å². The summed E-state index contributed by atoms with van der Waals surface area (Å²) in [6, 6.07) is 15.9. The molecule has 29 heavy (non-hydrogen) atoms. The van der Waals surface area contributed by atoms with Crippen LogP contribution in [0.4, 0.5) is 0 Å². The first-order valence-corrected chi connectivity index (χ1v) is 9.21. The monoisotopic (exact) mass is 409 g/mol. The molecule has 7 heteroatoms. The highest BCUT2D eigenvalue weighted by Crippen LogP contribution is 2.25. The van der Waals surface area contributed by atoms with Crippen LogP contribution >= 0.6 is 11.6 Å². The molecule has 0 saturated carbocycles. The van der Waals surface area contributed by atoms with Gasteiger partial charge in [-0.15, -0.1) is 0 Å². The molecular weight excluding hydrogens is 390 g/mol. The molecule has 0 bridgehead atoms. The normalized spacial score (nSPS) is 11.2. The summed E-state index contributed by atoms with van der Waals surface area (Å²) in [4.78, 5) is 31.0. The maximum Gasteiger partial charge on any atom is 0.269 e. The van der Waals surface area contributed by atoms with E-state index in [4.69, 9.17) is 16.3 Å². The number of carbonyl (C=O) groups is 2. The first-order chi connectivity index (χ1) is 13.9. The van der Waals surface area contributed by atoms with Gasteiger partial charge in [-0.2, -0.15) is 0 Å². The molecule has 2 amide bonds. The Morgan fingerprint density at radius 1 is 1.10 bits per heavy atom. The number of aromatic nitrogens is 1. The van der Waals surface area contributed by atoms with Gasteiger partial charge in [0.1, 0.15) is 16.6 Å². The fraction of sp³-hybridized carbons (Fsp3) is 0.136. The van der Waals surface area contributed by atoms with Gasteiger partial charge in [0.15, 0.2) is 0 Å². The molecule has 0 aliphatic carbocycles. The van der Waals surface area contributed by atoms with E-state index < -0.39 is 0 Å². The molecule has 3 aromatic rings. The maximum absolute atomic E-state index is 12.6. The summed E-state index contributed by atoms with van der Waals surface area (Å²) in [6.07, 6.45) is 1.53. The number of halogens is 1. The summed E-state index contributed by atoms with van der Waals surface area (Å²) >= 11 is 6.35. The molecule has 0 saturated heterocycles. The van der Waals surface area contributed by atoms with E-state index in [1.165, 1.54) is 11.0 Å². The zero-order valence-corrected chi connectivity index (χ0v) is 17.0. The van der Waals surface area contributed by atoms with E-state index in [0.29, 0.717) is 22.4 Å². The number of nitrogens with one attached hydrogen (secondary N) is 1. The van der Waals surface area contributed by atoms with Gasteiger partial charge in [0.05, 0.1) is 12.6 Å². The number of hydrogen-bond donors (Lipinski definition) is 1. The molecule has 1 aromatic heterocycles. The Bertz CT molecular complexity index is 1100. The van der Waals surface area contributed by atoms with Crippen LogP contribution in [0.2, 0.25) is 5.15 Å². The fourth-order valence-corrected chi connectivity index (χ4v) is 2.90.